The molecule has 5 rings (SSSR count). The van der Waals surface area contributed by atoms with Gasteiger partial charge in [0.25, 0.3) is 5.91 Å². The Morgan fingerprint density at radius 3 is 2.77 bits per heavy atom. The van der Waals surface area contributed by atoms with Crippen LogP contribution in [0, 0.1) is 0 Å². The Balaban J connectivity index is 0.00000218. The van der Waals surface area contributed by atoms with E-state index in [9.17, 15) is 4.79 Å². The van der Waals surface area contributed by atoms with Crippen LogP contribution < -0.4 is 10.6 Å². The van der Waals surface area contributed by atoms with Crippen LogP contribution in [0.5, 0.6) is 0 Å². The highest BCUT2D eigenvalue weighted by Crippen LogP contribution is 2.39. The quantitative estimate of drug-likeness (QED) is 0.651. The van der Waals surface area contributed by atoms with Crippen LogP contribution >= 0.6 is 12.4 Å². The average Bonchev–Trinajstić information content (AvgIpc) is 3.51. The van der Waals surface area contributed by atoms with E-state index in [-0.39, 0.29) is 24.4 Å². The van der Waals surface area contributed by atoms with Gasteiger partial charge in [0.2, 0.25) is 0 Å². The Kier molecular flexibility index (Phi) is 6.08. The lowest BCUT2D eigenvalue weighted by atomic mass is 10.1. The third kappa shape index (κ3) is 4.51. The van der Waals surface area contributed by atoms with E-state index in [1.165, 1.54) is 12.8 Å². The molecule has 2 aliphatic rings. The van der Waals surface area contributed by atoms with Crippen molar-refractivity contribution < 1.29 is 9.53 Å². The zero-order chi connectivity index (χ0) is 19.6. The van der Waals surface area contributed by atoms with Gasteiger partial charge in [-0.15, -0.1) is 12.4 Å². The normalized spacial score (nSPS) is 18.5. The Morgan fingerprint density at radius 1 is 1.20 bits per heavy atom. The Hall–Kier alpha value is -2.81. The van der Waals surface area contributed by atoms with Crippen LogP contribution in [0.2, 0.25) is 0 Å². The number of rotatable bonds is 5. The summed E-state index contributed by atoms with van der Waals surface area (Å²) >= 11 is 0. The molecule has 3 aromatic rings. The van der Waals surface area contributed by atoms with Gasteiger partial charge in [-0.25, -0.2) is 14.6 Å². The van der Waals surface area contributed by atoms with E-state index in [0.29, 0.717) is 23.9 Å². The number of carbonyl (C=O) groups excluding carboxylic acids is 1. The molecule has 0 spiro atoms. The number of anilines is 1. The summed E-state index contributed by atoms with van der Waals surface area (Å²) in [5.74, 6) is 0.996. The number of hydrogen-bond acceptors (Lipinski definition) is 6. The van der Waals surface area contributed by atoms with E-state index in [2.05, 4.69) is 25.7 Å². The first kappa shape index (κ1) is 20.5. The second kappa shape index (κ2) is 8.91. The summed E-state index contributed by atoms with van der Waals surface area (Å²) in [6.45, 7) is 2.40. The van der Waals surface area contributed by atoms with Crippen LogP contribution in [0.1, 0.15) is 46.5 Å². The molecule has 1 aliphatic heterocycles. The van der Waals surface area contributed by atoms with E-state index in [4.69, 9.17) is 4.74 Å². The van der Waals surface area contributed by atoms with Gasteiger partial charge in [-0.2, -0.15) is 5.10 Å². The minimum absolute atomic E-state index is 0. The summed E-state index contributed by atoms with van der Waals surface area (Å²) in [5.41, 5.74) is 3.33. The van der Waals surface area contributed by atoms with Gasteiger partial charge in [0, 0.05) is 42.7 Å². The number of halogens is 1. The van der Waals surface area contributed by atoms with Gasteiger partial charge >= 0.3 is 0 Å². The number of nitrogens with one attached hydrogen (secondary N) is 2. The number of aromatic nitrogens is 4. The van der Waals surface area contributed by atoms with Gasteiger partial charge in [0.05, 0.1) is 24.5 Å². The van der Waals surface area contributed by atoms with Crippen molar-refractivity contribution in [3.8, 4) is 5.82 Å². The third-order valence-corrected chi connectivity index (χ3v) is 5.22. The van der Waals surface area contributed by atoms with Crippen molar-refractivity contribution in [2.45, 2.75) is 24.9 Å². The first-order valence-corrected chi connectivity index (χ1v) is 9.87. The highest BCUT2D eigenvalue weighted by molar-refractivity contribution is 6.03. The maximum atomic E-state index is 12.6. The summed E-state index contributed by atoms with van der Waals surface area (Å²) in [6.07, 6.45) is 7.18. The van der Waals surface area contributed by atoms with E-state index < -0.39 is 0 Å². The van der Waals surface area contributed by atoms with Gasteiger partial charge < -0.3 is 15.4 Å². The molecule has 8 nitrogen and oxygen atoms in total. The lowest BCUT2D eigenvalue weighted by Gasteiger charge is -2.24. The van der Waals surface area contributed by atoms with Crippen molar-refractivity contribution in [2.75, 3.05) is 25.0 Å². The van der Waals surface area contributed by atoms with Crippen LogP contribution in [-0.2, 0) is 4.74 Å². The molecule has 1 atom stereocenters. The number of carbonyl (C=O) groups is 1. The molecule has 0 unspecified atom stereocenters. The van der Waals surface area contributed by atoms with Crippen molar-refractivity contribution >= 4 is 24.0 Å². The molecule has 0 radical (unpaired) electrons. The van der Waals surface area contributed by atoms with Gasteiger partial charge in [0.15, 0.2) is 5.82 Å². The molecule has 0 bridgehead atoms. The molecule has 2 fully saturated rings. The number of morpholine rings is 1. The zero-order valence-corrected chi connectivity index (χ0v) is 17.1. The van der Waals surface area contributed by atoms with Crippen LogP contribution in [0.4, 0.5) is 5.69 Å². The SMILES string of the molecule is Cl.O=C(Nc1ccc([C@H]2CNCCO2)cc1)c1cnn(-c2cc(C3CC3)ncn2)c1. The lowest BCUT2D eigenvalue weighted by Crippen LogP contribution is -2.33. The third-order valence-electron chi connectivity index (χ3n) is 5.22. The monoisotopic (exact) mass is 426 g/mol. The van der Waals surface area contributed by atoms with Crippen molar-refractivity contribution in [3.05, 3.63) is 65.9 Å². The summed E-state index contributed by atoms with van der Waals surface area (Å²) in [6, 6.07) is 9.69. The van der Waals surface area contributed by atoms with Crippen molar-refractivity contribution in [2.24, 2.45) is 0 Å². The maximum absolute atomic E-state index is 12.6. The molecule has 1 aromatic carbocycles. The fourth-order valence-electron chi connectivity index (χ4n) is 3.42. The number of hydrogen-bond donors (Lipinski definition) is 2. The minimum atomic E-state index is -0.212. The van der Waals surface area contributed by atoms with Gasteiger partial charge in [-0.05, 0) is 30.5 Å². The average molecular weight is 427 g/mol. The highest BCUT2D eigenvalue weighted by Gasteiger charge is 2.25. The van der Waals surface area contributed by atoms with Gasteiger partial charge in [-0.3, -0.25) is 4.79 Å². The molecule has 30 heavy (non-hydrogen) atoms. The second-order valence-electron chi connectivity index (χ2n) is 7.39. The van der Waals surface area contributed by atoms with Crippen LogP contribution in [0.15, 0.2) is 49.1 Å². The number of nitrogens with zero attached hydrogens (tertiary/aromatic N) is 4. The van der Waals surface area contributed by atoms with Crippen LogP contribution in [0.25, 0.3) is 5.82 Å². The topological polar surface area (TPSA) is 94.0 Å². The number of benzene rings is 1. The predicted molar refractivity (Wildman–Crippen MR) is 114 cm³/mol. The Bertz CT molecular complexity index is 1010. The Labute approximate surface area is 180 Å². The smallest absolute Gasteiger partial charge is 0.258 e. The summed E-state index contributed by atoms with van der Waals surface area (Å²) in [5, 5.41) is 10.5. The number of ether oxygens (including phenoxy) is 1. The van der Waals surface area contributed by atoms with Gasteiger partial charge in [0.1, 0.15) is 6.33 Å². The van der Waals surface area contributed by atoms with Crippen LogP contribution in [0.3, 0.4) is 0 Å². The fourth-order valence-corrected chi connectivity index (χ4v) is 3.42. The first-order valence-electron chi connectivity index (χ1n) is 9.87. The lowest BCUT2D eigenvalue weighted by molar-refractivity contribution is 0.0277. The molecule has 156 valence electrons. The minimum Gasteiger partial charge on any atom is -0.371 e. The van der Waals surface area contributed by atoms with Crippen molar-refractivity contribution in [3.63, 3.8) is 0 Å². The molecule has 1 saturated carbocycles. The van der Waals surface area contributed by atoms with Crippen molar-refractivity contribution in [1.29, 1.82) is 0 Å². The van der Waals surface area contributed by atoms with E-state index in [1.807, 2.05) is 30.3 Å². The van der Waals surface area contributed by atoms with E-state index in [1.54, 1.807) is 23.4 Å². The predicted octanol–water partition coefficient (Wildman–Crippen LogP) is 2.87. The molecule has 1 amide bonds. The van der Waals surface area contributed by atoms with Crippen LogP contribution in [-0.4, -0.2) is 45.4 Å². The molecule has 1 aliphatic carbocycles. The maximum Gasteiger partial charge on any atom is 0.258 e. The fraction of sp³-hybridized carbons (Fsp3) is 0.333. The van der Waals surface area contributed by atoms with Gasteiger partial charge in [-0.1, -0.05) is 12.1 Å². The van der Waals surface area contributed by atoms with E-state index >= 15 is 0 Å². The van der Waals surface area contributed by atoms with E-state index in [0.717, 1.165) is 30.0 Å². The molecule has 2 N–H and O–H groups in total. The molecule has 9 heteroatoms. The molecule has 1 saturated heterocycles. The van der Waals surface area contributed by atoms with Crippen molar-refractivity contribution in [1.82, 2.24) is 25.1 Å². The highest BCUT2D eigenvalue weighted by atomic mass is 35.5. The summed E-state index contributed by atoms with van der Waals surface area (Å²) in [7, 11) is 0. The second-order valence-corrected chi connectivity index (χ2v) is 7.39. The largest absolute Gasteiger partial charge is 0.371 e. The molecular formula is C21H23ClN6O2. The summed E-state index contributed by atoms with van der Waals surface area (Å²) < 4.78 is 7.36. The summed E-state index contributed by atoms with van der Waals surface area (Å²) in [4.78, 5) is 21.2. The molecule has 2 aromatic heterocycles. The molecular weight excluding hydrogens is 404 g/mol. The Morgan fingerprint density at radius 2 is 2.03 bits per heavy atom. The first-order chi connectivity index (χ1) is 14.3. The number of amides is 1. The zero-order valence-electron chi connectivity index (χ0n) is 16.3. The molecule has 3 heterocycles. The standard InChI is InChI=1S/C21H22N6O2.ClH/c28-21(26-17-5-3-15(4-6-17)19-11-22-7-8-29-19)16-10-25-27(12-16)20-9-18(14-1-2-14)23-13-24-20;/h3-6,9-10,12-14,19,22H,1-2,7-8,11H2,(H,26,28);1H/t19-;/m1./s1.